The van der Waals surface area contributed by atoms with Crippen molar-refractivity contribution in [3.8, 4) is 17.0 Å². The molecule has 0 spiro atoms. The van der Waals surface area contributed by atoms with Crippen molar-refractivity contribution in [2.45, 2.75) is 46.3 Å². The molecular weight excluding hydrogens is 421 g/mol. The number of carbonyl (C=O) groups excluding carboxylic acids is 1. The number of ketones is 1. The first-order valence-electron chi connectivity index (χ1n) is 10.4. The number of halogens is 2. The van der Waals surface area contributed by atoms with Crippen LogP contribution in [0.3, 0.4) is 0 Å². The van der Waals surface area contributed by atoms with Crippen LogP contribution in [0.5, 0.6) is 5.88 Å². The summed E-state index contributed by atoms with van der Waals surface area (Å²) in [7, 11) is 0. The van der Waals surface area contributed by atoms with Crippen molar-refractivity contribution in [2.75, 3.05) is 19.6 Å². The number of aromatic nitrogens is 3. The molecule has 31 heavy (non-hydrogen) atoms. The van der Waals surface area contributed by atoms with E-state index in [2.05, 4.69) is 22.0 Å². The number of aliphatic imine (C=N–C) groups is 1. The van der Waals surface area contributed by atoms with Crippen LogP contribution < -0.4 is 4.74 Å². The van der Waals surface area contributed by atoms with E-state index in [-0.39, 0.29) is 29.3 Å². The van der Waals surface area contributed by atoms with Crippen LogP contribution >= 0.6 is 11.6 Å². The number of carbonyl (C=O) groups is 1. The SMILES string of the molecule is CCCn1nc(C)c(-c2cc(F)nc(O[C@@H]3CCN(C4=C(Cl)C(=O)CN=C4)C3)c2)c1C. The van der Waals surface area contributed by atoms with E-state index in [1.807, 2.05) is 23.4 Å². The molecule has 9 heteroatoms. The van der Waals surface area contributed by atoms with Gasteiger partial charge in [-0.25, -0.2) is 0 Å². The van der Waals surface area contributed by atoms with Crippen molar-refractivity contribution in [3.05, 3.63) is 40.2 Å². The predicted octanol–water partition coefficient (Wildman–Crippen LogP) is 3.67. The fraction of sp³-hybridized carbons (Fsp3) is 0.455. The smallest absolute Gasteiger partial charge is 0.216 e. The van der Waals surface area contributed by atoms with Crippen molar-refractivity contribution >= 4 is 23.6 Å². The molecule has 0 radical (unpaired) electrons. The van der Waals surface area contributed by atoms with Crippen molar-refractivity contribution in [3.63, 3.8) is 0 Å². The minimum Gasteiger partial charge on any atom is -0.472 e. The second-order valence-corrected chi connectivity index (χ2v) is 8.23. The molecule has 2 aliphatic heterocycles. The maximum absolute atomic E-state index is 14.4. The van der Waals surface area contributed by atoms with Gasteiger partial charge in [0.2, 0.25) is 11.8 Å². The lowest BCUT2D eigenvalue weighted by Gasteiger charge is -2.22. The number of hydrogen-bond acceptors (Lipinski definition) is 6. The van der Waals surface area contributed by atoms with Gasteiger partial charge in [-0.05, 0) is 25.8 Å². The van der Waals surface area contributed by atoms with E-state index in [1.165, 1.54) is 6.07 Å². The molecule has 1 saturated heterocycles. The quantitative estimate of drug-likeness (QED) is 0.634. The zero-order valence-corrected chi connectivity index (χ0v) is 18.6. The Bertz CT molecular complexity index is 1080. The normalized spacial score (nSPS) is 18.9. The number of rotatable bonds is 6. The standard InChI is InChI=1S/C22H25ClFN5O2/c1-4-6-29-14(3)21(13(2)27-29)15-8-19(24)26-20(9-15)31-16-5-7-28(12-16)17-10-25-11-18(30)22(17)23/h8-10,16H,4-7,11-12H2,1-3H3/t16-/m1/s1. The summed E-state index contributed by atoms with van der Waals surface area (Å²) in [6.45, 7) is 8.09. The first-order chi connectivity index (χ1) is 14.9. The van der Waals surface area contributed by atoms with Crippen LogP contribution in [0.1, 0.15) is 31.2 Å². The Labute approximate surface area is 185 Å². The summed E-state index contributed by atoms with van der Waals surface area (Å²) in [6, 6.07) is 3.17. The predicted molar refractivity (Wildman–Crippen MR) is 117 cm³/mol. The maximum atomic E-state index is 14.4. The molecule has 1 fully saturated rings. The summed E-state index contributed by atoms with van der Waals surface area (Å²) >= 11 is 6.17. The Morgan fingerprint density at radius 1 is 1.32 bits per heavy atom. The second kappa shape index (κ2) is 8.78. The fourth-order valence-electron chi connectivity index (χ4n) is 4.14. The molecule has 0 aliphatic carbocycles. The Kier molecular flexibility index (Phi) is 6.09. The zero-order chi connectivity index (χ0) is 22.1. The van der Waals surface area contributed by atoms with Crippen molar-refractivity contribution in [2.24, 2.45) is 4.99 Å². The summed E-state index contributed by atoms with van der Waals surface area (Å²) in [5.74, 6) is -0.549. The Hall–Kier alpha value is -2.74. The highest BCUT2D eigenvalue weighted by atomic mass is 35.5. The molecule has 4 rings (SSSR count). The third kappa shape index (κ3) is 4.35. The number of nitrogens with zero attached hydrogens (tertiary/aromatic N) is 5. The summed E-state index contributed by atoms with van der Waals surface area (Å²) in [6.07, 6.45) is 3.10. The molecule has 4 heterocycles. The lowest BCUT2D eigenvalue weighted by atomic mass is 10.1. The van der Waals surface area contributed by atoms with Gasteiger partial charge in [0, 0.05) is 49.1 Å². The average molecular weight is 446 g/mol. The topological polar surface area (TPSA) is 72.6 Å². The van der Waals surface area contributed by atoms with Crippen LogP contribution in [0.15, 0.2) is 27.9 Å². The molecule has 0 bridgehead atoms. The van der Waals surface area contributed by atoms with Gasteiger partial charge in [0.05, 0.1) is 17.9 Å². The highest BCUT2D eigenvalue weighted by Gasteiger charge is 2.29. The number of Topliss-reactive ketones (excluding diaryl/α,β-unsaturated/α-hetero) is 1. The van der Waals surface area contributed by atoms with E-state index >= 15 is 0 Å². The fourth-order valence-corrected chi connectivity index (χ4v) is 4.37. The monoisotopic (exact) mass is 445 g/mol. The lowest BCUT2D eigenvalue weighted by Crippen LogP contribution is -2.28. The van der Waals surface area contributed by atoms with E-state index in [0.717, 1.165) is 29.9 Å². The van der Waals surface area contributed by atoms with Crippen LogP contribution in [-0.4, -0.2) is 57.4 Å². The second-order valence-electron chi connectivity index (χ2n) is 7.85. The van der Waals surface area contributed by atoms with Gasteiger partial charge in [-0.2, -0.15) is 14.5 Å². The Balaban J connectivity index is 1.54. The molecule has 0 aromatic carbocycles. The summed E-state index contributed by atoms with van der Waals surface area (Å²) in [4.78, 5) is 21.8. The summed E-state index contributed by atoms with van der Waals surface area (Å²) in [5, 5.41) is 4.79. The molecule has 0 saturated carbocycles. The average Bonchev–Trinajstić information content (AvgIpc) is 3.28. The van der Waals surface area contributed by atoms with E-state index in [1.54, 1.807) is 12.3 Å². The number of allylic oxidation sites excluding steroid dienone is 1. The largest absolute Gasteiger partial charge is 0.472 e. The third-order valence-electron chi connectivity index (χ3n) is 5.57. The molecule has 2 aromatic heterocycles. The Morgan fingerprint density at radius 3 is 2.90 bits per heavy atom. The van der Waals surface area contributed by atoms with Crippen LogP contribution in [0.2, 0.25) is 0 Å². The van der Waals surface area contributed by atoms with Crippen LogP contribution in [0.4, 0.5) is 4.39 Å². The van der Waals surface area contributed by atoms with Gasteiger partial charge in [-0.3, -0.25) is 14.5 Å². The lowest BCUT2D eigenvalue weighted by molar-refractivity contribution is -0.113. The van der Waals surface area contributed by atoms with Crippen LogP contribution in [0.25, 0.3) is 11.1 Å². The number of ether oxygens (including phenoxy) is 1. The molecule has 164 valence electrons. The van der Waals surface area contributed by atoms with Gasteiger partial charge in [0.1, 0.15) is 17.7 Å². The third-order valence-corrected chi connectivity index (χ3v) is 5.97. The molecule has 1 atom stereocenters. The molecular formula is C22H25ClFN5O2. The highest BCUT2D eigenvalue weighted by Crippen LogP contribution is 2.31. The van der Waals surface area contributed by atoms with Gasteiger partial charge in [0.15, 0.2) is 5.78 Å². The van der Waals surface area contributed by atoms with Gasteiger partial charge in [-0.15, -0.1) is 0 Å². The van der Waals surface area contributed by atoms with E-state index in [9.17, 15) is 9.18 Å². The molecule has 0 N–H and O–H groups in total. The van der Waals surface area contributed by atoms with E-state index in [4.69, 9.17) is 16.3 Å². The van der Waals surface area contributed by atoms with Gasteiger partial charge < -0.3 is 9.64 Å². The van der Waals surface area contributed by atoms with E-state index in [0.29, 0.717) is 30.8 Å². The van der Waals surface area contributed by atoms with Crippen LogP contribution in [0, 0.1) is 19.8 Å². The first kappa shape index (κ1) is 21.5. The number of dihydropyridines is 1. The minimum atomic E-state index is -0.597. The maximum Gasteiger partial charge on any atom is 0.216 e. The minimum absolute atomic E-state index is 0.0831. The molecule has 2 aromatic rings. The first-order valence-corrected chi connectivity index (χ1v) is 10.8. The van der Waals surface area contributed by atoms with Crippen molar-refractivity contribution < 1.29 is 13.9 Å². The summed E-state index contributed by atoms with van der Waals surface area (Å²) < 4.78 is 22.3. The van der Waals surface area contributed by atoms with Crippen molar-refractivity contribution in [1.82, 2.24) is 19.7 Å². The highest BCUT2D eigenvalue weighted by molar-refractivity contribution is 6.44. The molecule has 2 aliphatic rings. The molecule has 7 nitrogen and oxygen atoms in total. The molecule has 0 amide bonds. The number of likely N-dealkylation sites (tertiary alicyclic amines) is 1. The van der Waals surface area contributed by atoms with Crippen molar-refractivity contribution in [1.29, 1.82) is 0 Å². The van der Waals surface area contributed by atoms with Gasteiger partial charge in [0.25, 0.3) is 0 Å². The zero-order valence-electron chi connectivity index (χ0n) is 17.9. The summed E-state index contributed by atoms with van der Waals surface area (Å²) in [5.41, 5.74) is 4.06. The molecule has 0 unspecified atom stereocenters. The van der Waals surface area contributed by atoms with E-state index < -0.39 is 5.95 Å². The Morgan fingerprint density at radius 2 is 2.13 bits per heavy atom. The number of pyridine rings is 1. The van der Waals surface area contributed by atoms with Gasteiger partial charge in [-0.1, -0.05) is 18.5 Å². The number of hydrogen-bond donors (Lipinski definition) is 0. The van der Waals surface area contributed by atoms with Gasteiger partial charge >= 0.3 is 0 Å². The van der Waals surface area contributed by atoms with Crippen LogP contribution in [-0.2, 0) is 11.3 Å². The number of aryl methyl sites for hydroxylation is 2.